The third-order valence-electron chi connectivity index (χ3n) is 2.21. The Balaban J connectivity index is 0.00000256. The van der Waals surface area contributed by atoms with Crippen molar-refractivity contribution in [2.45, 2.75) is 0 Å². The smallest absolute Gasteiger partial charge is 0.253 e. The summed E-state index contributed by atoms with van der Waals surface area (Å²) in [5.74, 6) is -2.28. The number of nitrogens with one attached hydrogen (secondary N) is 1. The summed E-state index contributed by atoms with van der Waals surface area (Å²) in [5, 5.41) is 2.90. The highest BCUT2D eigenvalue weighted by molar-refractivity contribution is 5.94. The molecule has 0 saturated heterocycles. The average molecular weight is 265 g/mol. The van der Waals surface area contributed by atoms with Crippen molar-refractivity contribution in [2.75, 3.05) is 27.2 Å². The van der Waals surface area contributed by atoms with E-state index in [9.17, 15) is 13.6 Å². The van der Waals surface area contributed by atoms with Crippen LogP contribution < -0.4 is 5.32 Å². The molecule has 0 aliphatic carbocycles. The van der Waals surface area contributed by atoms with Gasteiger partial charge in [-0.15, -0.1) is 12.4 Å². The van der Waals surface area contributed by atoms with Gasteiger partial charge < -0.3 is 10.2 Å². The number of amides is 1. The quantitative estimate of drug-likeness (QED) is 0.897. The fraction of sp³-hybridized carbons (Fsp3) is 0.364. The lowest BCUT2D eigenvalue weighted by Gasteiger charge is -2.16. The highest BCUT2D eigenvalue weighted by atomic mass is 35.5. The van der Waals surface area contributed by atoms with Crippen molar-refractivity contribution in [2.24, 2.45) is 0 Å². The molecule has 17 heavy (non-hydrogen) atoms. The van der Waals surface area contributed by atoms with Gasteiger partial charge in [0.25, 0.3) is 5.91 Å². The number of carbonyl (C=O) groups excluding carboxylic acids is 1. The molecule has 0 aliphatic heterocycles. The van der Waals surface area contributed by atoms with Crippen molar-refractivity contribution in [3.63, 3.8) is 0 Å². The van der Waals surface area contributed by atoms with E-state index in [-0.39, 0.29) is 23.9 Å². The Bertz CT molecular complexity index is 388. The molecule has 0 fully saturated rings. The molecule has 96 valence electrons. The summed E-state index contributed by atoms with van der Waals surface area (Å²) >= 11 is 0. The summed E-state index contributed by atoms with van der Waals surface area (Å²) in [6, 6.07) is 3.14. The lowest BCUT2D eigenvalue weighted by atomic mass is 10.2. The van der Waals surface area contributed by atoms with E-state index in [0.29, 0.717) is 13.1 Å². The van der Waals surface area contributed by atoms with Crippen LogP contribution in [0.2, 0.25) is 0 Å². The first-order valence-electron chi connectivity index (χ1n) is 4.91. The summed E-state index contributed by atoms with van der Waals surface area (Å²) in [7, 11) is 3.39. The minimum absolute atomic E-state index is 0. The van der Waals surface area contributed by atoms with Gasteiger partial charge in [0.05, 0.1) is 0 Å². The Morgan fingerprint density at radius 1 is 1.35 bits per heavy atom. The Hall–Kier alpha value is -1.20. The van der Waals surface area contributed by atoms with Gasteiger partial charge in [-0.2, -0.15) is 0 Å². The number of nitrogens with zero attached hydrogens (tertiary/aromatic N) is 1. The van der Waals surface area contributed by atoms with Crippen molar-refractivity contribution >= 4 is 18.3 Å². The zero-order chi connectivity index (χ0) is 12.1. The molecule has 1 amide bonds. The molecular formula is C11H15ClF2N2O. The summed E-state index contributed by atoms with van der Waals surface area (Å²) in [6.07, 6.45) is 0. The largest absolute Gasteiger partial charge is 0.340 e. The van der Waals surface area contributed by atoms with Gasteiger partial charge in [-0.3, -0.25) is 4.79 Å². The third-order valence-corrected chi connectivity index (χ3v) is 2.21. The van der Waals surface area contributed by atoms with E-state index in [1.165, 1.54) is 11.0 Å². The van der Waals surface area contributed by atoms with E-state index < -0.39 is 11.6 Å². The molecule has 1 N–H and O–H groups in total. The second kappa shape index (κ2) is 7.19. The molecule has 0 aliphatic rings. The normalized spacial score (nSPS) is 9.65. The highest BCUT2D eigenvalue weighted by Gasteiger charge is 2.13. The number of carbonyl (C=O) groups is 1. The van der Waals surface area contributed by atoms with Gasteiger partial charge in [-0.1, -0.05) is 0 Å². The summed E-state index contributed by atoms with van der Waals surface area (Å²) in [4.78, 5) is 13.2. The lowest BCUT2D eigenvalue weighted by Crippen LogP contribution is -2.32. The van der Waals surface area contributed by atoms with E-state index >= 15 is 0 Å². The number of rotatable bonds is 4. The SMILES string of the molecule is CNCCN(C)C(=O)c1ccc(F)c(F)c1.Cl. The van der Waals surface area contributed by atoms with Crippen LogP contribution >= 0.6 is 12.4 Å². The van der Waals surface area contributed by atoms with Crippen LogP contribution in [0.5, 0.6) is 0 Å². The van der Waals surface area contributed by atoms with Crippen LogP contribution in [0.25, 0.3) is 0 Å². The van der Waals surface area contributed by atoms with E-state index in [0.717, 1.165) is 12.1 Å². The minimum Gasteiger partial charge on any atom is -0.340 e. The Labute approximate surface area is 105 Å². The molecule has 0 heterocycles. The molecular weight excluding hydrogens is 250 g/mol. The molecule has 0 aromatic heterocycles. The van der Waals surface area contributed by atoms with Crippen molar-refractivity contribution < 1.29 is 13.6 Å². The zero-order valence-corrected chi connectivity index (χ0v) is 10.5. The maximum absolute atomic E-state index is 12.9. The monoisotopic (exact) mass is 264 g/mol. The van der Waals surface area contributed by atoms with Crippen molar-refractivity contribution in [3.05, 3.63) is 35.4 Å². The van der Waals surface area contributed by atoms with Gasteiger partial charge >= 0.3 is 0 Å². The Kier molecular flexibility index (Phi) is 6.68. The Morgan fingerprint density at radius 3 is 2.53 bits per heavy atom. The van der Waals surface area contributed by atoms with E-state index in [4.69, 9.17) is 0 Å². The molecule has 0 radical (unpaired) electrons. The van der Waals surface area contributed by atoms with Gasteiger partial charge in [-0.05, 0) is 25.2 Å². The first-order chi connectivity index (χ1) is 7.56. The van der Waals surface area contributed by atoms with Gasteiger partial charge in [0.1, 0.15) is 0 Å². The standard InChI is InChI=1S/C11H14F2N2O.ClH/c1-14-5-6-15(2)11(16)8-3-4-9(12)10(13)7-8;/h3-4,7,14H,5-6H2,1-2H3;1H. The summed E-state index contributed by atoms with van der Waals surface area (Å²) < 4.78 is 25.6. The molecule has 0 unspecified atom stereocenters. The van der Waals surface area contributed by atoms with Crippen LogP contribution in [0.4, 0.5) is 8.78 Å². The fourth-order valence-electron chi connectivity index (χ4n) is 1.23. The second-order valence-electron chi connectivity index (χ2n) is 3.46. The van der Waals surface area contributed by atoms with E-state index in [1.54, 1.807) is 14.1 Å². The maximum atomic E-state index is 12.9. The number of halogens is 3. The number of hydrogen-bond donors (Lipinski definition) is 1. The summed E-state index contributed by atoms with van der Waals surface area (Å²) in [5.41, 5.74) is 0.150. The second-order valence-corrected chi connectivity index (χ2v) is 3.46. The predicted octanol–water partition coefficient (Wildman–Crippen LogP) is 1.68. The number of likely N-dealkylation sites (N-methyl/N-ethyl adjacent to an activating group) is 2. The molecule has 1 aromatic rings. The van der Waals surface area contributed by atoms with Crippen molar-refractivity contribution in [1.29, 1.82) is 0 Å². The number of hydrogen-bond acceptors (Lipinski definition) is 2. The van der Waals surface area contributed by atoms with Crippen LogP contribution in [0.1, 0.15) is 10.4 Å². The molecule has 1 rings (SSSR count). The predicted molar refractivity (Wildman–Crippen MR) is 64.5 cm³/mol. The van der Waals surface area contributed by atoms with Crippen LogP contribution in [0.3, 0.4) is 0 Å². The fourth-order valence-corrected chi connectivity index (χ4v) is 1.23. The molecule has 6 heteroatoms. The molecule has 0 spiro atoms. The van der Waals surface area contributed by atoms with Crippen LogP contribution in [-0.4, -0.2) is 38.0 Å². The van der Waals surface area contributed by atoms with Gasteiger partial charge in [0, 0.05) is 25.7 Å². The molecule has 1 aromatic carbocycles. The van der Waals surface area contributed by atoms with Crippen LogP contribution in [0.15, 0.2) is 18.2 Å². The molecule has 0 atom stereocenters. The third kappa shape index (κ3) is 4.28. The van der Waals surface area contributed by atoms with E-state index in [2.05, 4.69) is 5.32 Å². The molecule has 0 saturated carbocycles. The van der Waals surface area contributed by atoms with Crippen molar-refractivity contribution in [3.8, 4) is 0 Å². The Morgan fingerprint density at radius 2 is 2.00 bits per heavy atom. The van der Waals surface area contributed by atoms with E-state index in [1.807, 2.05) is 0 Å². The van der Waals surface area contributed by atoms with Crippen molar-refractivity contribution in [1.82, 2.24) is 10.2 Å². The summed E-state index contributed by atoms with van der Waals surface area (Å²) in [6.45, 7) is 1.15. The van der Waals surface area contributed by atoms with Gasteiger partial charge in [0.15, 0.2) is 11.6 Å². The van der Waals surface area contributed by atoms with Gasteiger partial charge in [-0.25, -0.2) is 8.78 Å². The first kappa shape index (κ1) is 15.8. The first-order valence-corrected chi connectivity index (χ1v) is 4.91. The van der Waals surface area contributed by atoms with Crippen LogP contribution in [0, 0.1) is 11.6 Å². The van der Waals surface area contributed by atoms with Gasteiger partial charge in [0.2, 0.25) is 0 Å². The maximum Gasteiger partial charge on any atom is 0.253 e. The minimum atomic E-state index is -1.01. The molecule has 0 bridgehead atoms. The zero-order valence-electron chi connectivity index (χ0n) is 9.67. The highest BCUT2D eigenvalue weighted by Crippen LogP contribution is 2.10. The topological polar surface area (TPSA) is 32.3 Å². The lowest BCUT2D eigenvalue weighted by molar-refractivity contribution is 0.0796. The molecule has 3 nitrogen and oxygen atoms in total. The van der Waals surface area contributed by atoms with Crippen LogP contribution in [-0.2, 0) is 0 Å². The average Bonchev–Trinajstić information content (AvgIpc) is 2.28. The number of benzene rings is 1.